The molecule has 0 fully saturated rings. The Bertz CT molecular complexity index is 1180. The first kappa shape index (κ1) is 18.7. The van der Waals surface area contributed by atoms with Gasteiger partial charge in [-0.15, -0.1) is 0 Å². The molecule has 0 spiro atoms. The minimum atomic E-state index is -0.245. The zero-order valence-electron chi connectivity index (χ0n) is 15.7. The summed E-state index contributed by atoms with van der Waals surface area (Å²) >= 11 is 1.45. The Kier molecular flexibility index (Phi) is 5.23. The first-order valence-corrected chi connectivity index (χ1v) is 9.94. The molecule has 1 heterocycles. The maximum absolute atomic E-state index is 13.5. The maximum atomic E-state index is 13.5. The van der Waals surface area contributed by atoms with E-state index in [1.54, 1.807) is 29.2 Å². The van der Waals surface area contributed by atoms with Crippen molar-refractivity contribution in [1.82, 2.24) is 4.98 Å². The standard InChI is InChI=1S/C23H17N3O2S/c1-2-28-19-12-10-18(11-13-19)26(22(27)17-7-5-6-16(14-17)15-24)23-25-20-8-3-4-9-21(20)29-23/h3-14H,2H2,1H3. The second kappa shape index (κ2) is 8.13. The number of fused-ring (bicyclic) bond motifs is 1. The van der Waals surface area contributed by atoms with E-state index in [0.717, 1.165) is 16.0 Å². The number of carbonyl (C=O) groups excluding carboxylic acids is 1. The first-order valence-electron chi connectivity index (χ1n) is 9.12. The number of rotatable bonds is 5. The molecular formula is C23H17N3O2S. The summed E-state index contributed by atoms with van der Waals surface area (Å²) in [4.78, 5) is 19.7. The number of nitriles is 1. The molecular weight excluding hydrogens is 382 g/mol. The highest BCUT2D eigenvalue weighted by molar-refractivity contribution is 7.22. The number of hydrogen-bond acceptors (Lipinski definition) is 5. The topological polar surface area (TPSA) is 66.2 Å². The van der Waals surface area contributed by atoms with E-state index >= 15 is 0 Å². The molecule has 0 aliphatic carbocycles. The van der Waals surface area contributed by atoms with Crippen LogP contribution < -0.4 is 9.64 Å². The molecule has 4 aromatic rings. The summed E-state index contributed by atoms with van der Waals surface area (Å²) in [5, 5.41) is 9.77. The molecule has 6 heteroatoms. The van der Waals surface area contributed by atoms with Crippen LogP contribution in [0, 0.1) is 11.3 Å². The second-order valence-electron chi connectivity index (χ2n) is 6.22. The van der Waals surface area contributed by atoms with E-state index in [1.165, 1.54) is 11.3 Å². The van der Waals surface area contributed by atoms with Gasteiger partial charge in [-0.1, -0.05) is 29.5 Å². The lowest BCUT2D eigenvalue weighted by molar-refractivity contribution is 0.0999. The zero-order chi connectivity index (χ0) is 20.2. The van der Waals surface area contributed by atoms with E-state index in [9.17, 15) is 10.1 Å². The van der Waals surface area contributed by atoms with Crippen LogP contribution in [0.1, 0.15) is 22.8 Å². The van der Waals surface area contributed by atoms with Gasteiger partial charge in [0, 0.05) is 5.56 Å². The van der Waals surface area contributed by atoms with Gasteiger partial charge in [-0.3, -0.25) is 9.69 Å². The van der Waals surface area contributed by atoms with Crippen molar-refractivity contribution in [2.75, 3.05) is 11.5 Å². The van der Waals surface area contributed by atoms with Crippen LogP contribution in [0.15, 0.2) is 72.8 Å². The Morgan fingerprint density at radius 2 is 1.90 bits per heavy atom. The highest BCUT2D eigenvalue weighted by Gasteiger charge is 2.23. The molecule has 0 atom stereocenters. The predicted molar refractivity (Wildman–Crippen MR) is 115 cm³/mol. The Labute approximate surface area is 172 Å². The van der Waals surface area contributed by atoms with Gasteiger partial charge in [0.1, 0.15) is 5.75 Å². The van der Waals surface area contributed by atoms with Crippen molar-refractivity contribution in [2.24, 2.45) is 0 Å². The average Bonchev–Trinajstić information content (AvgIpc) is 3.19. The number of benzene rings is 3. The van der Waals surface area contributed by atoms with Gasteiger partial charge in [0.25, 0.3) is 5.91 Å². The third-order valence-electron chi connectivity index (χ3n) is 4.32. The zero-order valence-corrected chi connectivity index (χ0v) is 16.5. The highest BCUT2D eigenvalue weighted by Crippen LogP contribution is 2.35. The molecule has 0 bridgehead atoms. The summed E-state index contributed by atoms with van der Waals surface area (Å²) in [7, 11) is 0. The Morgan fingerprint density at radius 3 is 2.62 bits per heavy atom. The summed E-state index contributed by atoms with van der Waals surface area (Å²) in [6.07, 6.45) is 0. The molecule has 1 amide bonds. The summed E-state index contributed by atoms with van der Waals surface area (Å²) in [6.45, 7) is 2.49. The molecule has 4 rings (SSSR count). The molecule has 142 valence electrons. The van der Waals surface area contributed by atoms with Crippen LogP contribution in [0.3, 0.4) is 0 Å². The third kappa shape index (κ3) is 3.82. The van der Waals surface area contributed by atoms with Crippen LogP contribution >= 0.6 is 11.3 Å². The number of nitrogens with zero attached hydrogens (tertiary/aromatic N) is 3. The largest absolute Gasteiger partial charge is 0.494 e. The second-order valence-corrected chi connectivity index (χ2v) is 7.23. The fourth-order valence-corrected chi connectivity index (χ4v) is 3.96. The van der Waals surface area contributed by atoms with Crippen molar-refractivity contribution in [1.29, 1.82) is 5.26 Å². The summed E-state index contributed by atoms with van der Waals surface area (Å²) < 4.78 is 6.51. The number of anilines is 2. The molecule has 0 N–H and O–H groups in total. The van der Waals surface area contributed by atoms with Crippen LogP contribution in [0.4, 0.5) is 10.8 Å². The van der Waals surface area contributed by atoms with Gasteiger partial charge in [-0.05, 0) is 61.5 Å². The SMILES string of the molecule is CCOc1ccc(N(C(=O)c2cccc(C#N)c2)c2nc3ccccc3s2)cc1. The van der Waals surface area contributed by atoms with E-state index in [1.807, 2.05) is 55.5 Å². The molecule has 3 aromatic carbocycles. The molecule has 0 aliphatic heterocycles. The summed E-state index contributed by atoms with van der Waals surface area (Å²) in [5.41, 5.74) is 2.38. The number of ether oxygens (including phenoxy) is 1. The highest BCUT2D eigenvalue weighted by atomic mass is 32.1. The van der Waals surface area contributed by atoms with Crippen LogP contribution in [-0.2, 0) is 0 Å². The van der Waals surface area contributed by atoms with Gasteiger partial charge in [-0.25, -0.2) is 4.98 Å². The lowest BCUT2D eigenvalue weighted by Crippen LogP contribution is -2.25. The van der Waals surface area contributed by atoms with Crippen molar-refractivity contribution >= 4 is 38.3 Å². The van der Waals surface area contributed by atoms with Crippen molar-refractivity contribution in [3.8, 4) is 11.8 Å². The Hall–Kier alpha value is -3.69. The van der Waals surface area contributed by atoms with Gasteiger partial charge < -0.3 is 4.74 Å². The van der Waals surface area contributed by atoms with Crippen molar-refractivity contribution in [3.63, 3.8) is 0 Å². The monoisotopic (exact) mass is 399 g/mol. The van der Waals surface area contributed by atoms with Crippen molar-refractivity contribution in [3.05, 3.63) is 83.9 Å². The smallest absolute Gasteiger partial charge is 0.264 e. The summed E-state index contributed by atoms with van der Waals surface area (Å²) in [5.74, 6) is 0.491. The molecule has 0 radical (unpaired) electrons. The van der Waals surface area contributed by atoms with Crippen LogP contribution in [-0.4, -0.2) is 17.5 Å². The minimum absolute atomic E-state index is 0.245. The summed E-state index contributed by atoms with van der Waals surface area (Å²) in [6, 6.07) is 23.9. The number of carbonyl (C=O) groups is 1. The lowest BCUT2D eigenvalue weighted by Gasteiger charge is -2.20. The van der Waals surface area contributed by atoms with E-state index in [0.29, 0.717) is 28.6 Å². The quantitative estimate of drug-likeness (QED) is 0.442. The molecule has 0 aliphatic rings. The fourth-order valence-electron chi connectivity index (χ4n) is 2.98. The van der Waals surface area contributed by atoms with Crippen LogP contribution in [0.25, 0.3) is 10.2 Å². The normalized spacial score (nSPS) is 10.5. The molecule has 29 heavy (non-hydrogen) atoms. The number of aromatic nitrogens is 1. The lowest BCUT2D eigenvalue weighted by atomic mass is 10.1. The van der Waals surface area contributed by atoms with Gasteiger partial charge in [0.15, 0.2) is 5.13 Å². The number of para-hydroxylation sites is 1. The van der Waals surface area contributed by atoms with Gasteiger partial charge in [-0.2, -0.15) is 5.26 Å². The molecule has 0 unspecified atom stereocenters. The number of thiazole rings is 1. The van der Waals surface area contributed by atoms with Crippen molar-refractivity contribution in [2.45, 2.75) is 6.92 Å². The van der Waals surface area contributed by atoms with Crippen LogP contribution in [0.2, 0.25) is 0 Å². The van der Waals surface area contributed by atoms with E-state index < -0.39 is 0 Å². The fraction of sp³-hybridized carbons (Fsp3) is 0.0870. The first-order chi connectivity index (χ1) is 14.2. The average molecular weight is 399 g/mol. The Balaban J connectivity index is 1.81. The Morgan fingerprint density at radius 1 is 1.10 bits per heavy atom. The number of hydrogen-bond donors (Lipinski definition) is 0. The molecule has 0 saturated carbocycles. The third-order valence-corrected chi connectivity index (χ3v) is 5.34. The predicted octanol–water partition coefficient (Wildman–Crippen LogP) is 5.55. The molecule has 0 saturated heterocycles. The minimum Gasteiger partial charge on any atom is -0.494 e. The number of amides is 1. The van der Waals surface area contributed by atoms with E-state index in [2.05, 4.69) is 11.1 Å². The van der Waals surface area contributed by atoms with Gasteiger partial charge in [0.2, 0.25) is 0 Å². The van der Waals surface area contributed by atoms with Crippen LogP contribution in [0.5, 0.6) is 5.75 Å². The van der Waals surface area contributed by atoms with E-state index in [-0.39, 0.29) is 5.91 Å². The maximum Gasteiger partial charge on any atom is 0.264 e. The molecule has 5 nitrogen and oxygen atoms in total. The molecule has 1 aromatic heterocycles. The van der Waals surface area contributed by atoms with Gasteiger partial charge in [0.05, 0.1) is 34.1 Å². The van der Waals surface area contributed by atoms with Crippen molar-refractivity contribution < 1.29 is 9.53 Å². The van der Waals surface area contributed by atoms with E-state index in [4.69, 9.17) is 4.74 Å². The van der Waals surface area contributed by atoms with Gasteiger partial charge >= 0.3 is 0 Å².